The van der Waals surface area contributed by atoms with Crippen molar-refractivity contribution in [2.45, 2.75) is 19.8 Å². The average Bonchev–Trinajstić information content (AvgIpc) is 2.04. The lowest BCUT2D eigenvalue weighted by Crippen LogP contribution is -2.13. The van der Waals surface area contributed by atoms with Crippen LogP contribution in [0, 0.1) is 0 Å². The summed E-state index contributed by atoms with van der Waals surface area (Å²) >= 11 is 0. The van der Waals surface area contributed by atoms with E-state index in [1.54, 1.807) is 0 Å². The fourth-order valence-corrected chi connectivity index (χ4v) is 0.644. The number of carboxylic acid groups (broad SMARTS) is 1. The van der Waals surface area contributed by atoms with E-state index in [1.165, 1.54) is 6.08 Å². The second-order valence-corrected chi connectivity index (χ2v) is 2.41. The molecule has 0 radical (unpaired) electrons. The van der Waals surface area contributed by atoms with Gasteiger partial charge in [0.2, 0.25) is 0 Å². The van der Waals surface area contributed by atoms with Crippen LogP contribution in [0.1, 0.15) is 19.8 Å². The monoisotopic (exact) mass is 183 g/mol. The molecule has 0 aliphatic heterocycles. The second kappa shape index (κ2) is 5.99. The van der Waals surface area contributed by atoms with Gasteiger partial charge in [-0.2, -0.15) is 0 Å². The Morgan fingerprint density at radius 1 is 1.46 bits per heavy atom. The highest BCUT2D eigenvalue weighted by Crippen LogP contribution is 1.91. The molecule has 4 heteroatoms. The summed E-state index contributed by atoms with van der Waals surface area (Å²) in [7, 11) is 0. The minimum atomic E-state index is -1.52. The van der Waals surface area contributed by atoms with Gasteiger partial charge in [-0.3, -0.25) is 4.79 Å². The molecule has 0 heterocycles. The summed E-state index contributed by atoms with van der Waals surface area (Å²) in [5, 5.41) is 18.6. The molecule has 0 aromatic rings. The van der Waals surface area contributed by atoms with Crippen molar-refractivity contribution in [3.63, 3.8) is 0 Å². The maximum atomic E-state index is 10.8. The van der Waals surface area contributed by atoms with E-state index < -0.39 is 11.7 Å². The van der Waals surface area contributed by atoms with Gasteiger partial charge in [-0.1, -0.05) is 19.1 Å². The Labute approximate surface area is 76.2 Å². The standard InChI is InChI=1S/C9H12O4/c1-2-4-7(10)5-3-6-8(11)9(12)13/h3,5-6,11H,2,4H2,1H3,(H,12,13)/p-1/b5-3-,8-6-. The molecule has 0 fully saturated rings. The molecule has 72 valence electrons. The summed E-state index contributed by atoms with van der Waals surface area (Å²) in [6, 6.07) is 0. The van der Waals surface area contributed by atoms with E-state index in [1.807, 2.05) is 6.92 Å². The maximum absolute atomic E-state index is 10.8. The molecule has 0 saturated heterocycles. The third-order valence-corrected chi connectivity index (χ3v) is 1.24. The van der Waals surface area contributed by atoms with Crippen LogP contribution in [0.2, 0.25) is 0 Å². The van der Waals surface area contributed by atoms with Crippen molar-refractivity contribution in [1.29, 1.82) is 0 Å². The number of hydrogen-bond acceptors (Lipinski definition) is 3. The van der Waals surface area contributed by atoms with Gasteiger partial charge in [0, 0.05) is 6.42 Å². The van der Waals surface area contributed by atoms with Gasteiger partial charge in [0.15, 0.2) is 5.78 Å². The van der Waals surface area contributed by atoms with E-state index in [-0.39, 0.29) is 5.78 Å². The number of carbonyl (C=O) groups excluding carboxylic acids is 1. The quantitative estimate of drug-likeness (QED) is 0.376. The number of hydrogen-bond donors (Lipinski definition) is 1. The van der Waals surface area contributed by atoms with Crippen molar-refractivity contribution >= 4 is 11.8 Å². The van der Waals surface area contributed by atoms with Crippen molar-refractivity contribution in [2.24, 2.45) is 0 Å². The Kier molecular flexibility index (Phi) is 5.27. The Bertz CT molecular complexity index is 250. The van der Waals surface area contributed by atoms with Gasteiger partial charge in [0.25, 0.3) is 0 Å². The van der Waals surface area contributed by atoms with Crippen LogP contribution in [0.25, 0.3) is 0 Å². The first kappa shape index (κ1) is 11.4. The predicted octanol–water partition coefficient (Wildman–Crippen LogP) is 0.241. The highest BCUT2D eigenvalue weighted by molar-refractivity contribution is 5.90. The third kappa shape index (κ3) is 5.66. The summed E-state index contributed by atoms with van der Waals surface area (Å²) in [6.07, 6.45) is 4.36. The van der Waals surface area contributed by atoms with Crippen LogP contribution in [-0.4, -0.2) is 16.9 Å². The van der Waals surface area contributed by atoms with Crippen LogP contribution in [0.4, 0.5) is 0 Å². The van der Waals surface area contributed by atoms with Gasteiger partial charge in [0.1, 0.15) is 0 Å². The van der Waals surface area contributed by atoms with Gasteiger partial charge < -0.3 is 10.2 Å². The SMILES string of the molecule is CCCC(=O)/C=C\C=C(/[O-])C(=O)O. The zero-order valence-electron chi connectivity index (χ0n) is 7.32. The molecule has 1 N–H and O–H groups in total. The molecule has 0 aliphatic carbocycles. The van der Waals surface area contributed by atoms with Gasteiger partial charge >= 0.3 is 5.97 Å². The molecule has 4 nitrogen and oxygen atoms in total. The Balaban J connectivity index is 4.07. The first-order chi connectivity index (χ1) is 6.07. The second-order valence-electron chi connectivity index (χ2n) is 2.41. The zero-order valence-corrected chi connectivity index (χ0v) is 7.32. The van der Waals surface area contributed by atoms with Crippen LogP contribution in [0.3, 0.4) is 0 Å². The average molecular weight is 183 g/mol. The molecule has 0 aliphatic rings. The van der Waals surface area contributed by atoms with Crippen LogP contribution >= 0.6 is 0 Å². The van der Waals surface area contributed by atoms with E-state index in [9.17, 15) is 14.7 Å². The number of allylic oxidation sites excluding steroid dienone is 3. The van der Waals surface area contributed by atoms with E-state index in [0.29, 0.717) is 6.42 Å². The van der Waals surface area contributed by atoms with Crippen molar-refractivity contribution in [1.82, 2.24) is 0 Å². The minimum absolute atomic E-state index is 0.114. The fraction of sp³-hybridized carbons (Fsp3) is 0.333. The number of rotatable bonds is 5. The van der Waals surface area contributed by atoms with Gasteiger partial charge in [-0.05, 0) is 18.3 Å². The van der Waals surface area contributed by atoms with Crippen LogP contribution in [0.5, 0.6) is 0 Å². The highest BCUT2D eigenvalue weighted by atomic mass is 16.4. The van der Waals surface area contributed by atoms with E-state index in [2.05, 4.69) is 0 Å². The zero-order chi connectivity index (χ0) is 10.3. The van der Waals surface area contributed by atoms with E-state index in [4.69, 9.17) is 5.11 Å². The highest BCUT2D eigenvalue weighted by Gasteiger charge is 1.92. The van der Waals surface area contributed by atoms with E-state index >= 15 is 0 Å². The van der Waals surface area contributed by atoms with Gasteiger partial charge in [0.05, 0.1) is 0 Å². The molecule has 0 aromatic carbocycles. The molecule has 0 spiro atoms. The third-order valence-electron chi connectivity index (χ3n) is 1.24. The number of carboxylic acids is 1. The van der Waals surface area contributed by atoms with Gasteiger partial charge in [-0.25, -0.2) is 4.79 Å². The molecule has 0 saturated carbocycles. The summed E-state index contributed by atoms with van der Waals surface area (Å²) in [6.45, 7) is 1.86. The summed E-state index contributed by atoms with van der Waals surface area (Å²) in [4.78, 5) is 20.8. The maximum Gasteiger partial charge on any atom is 0.320 e. The van der Waals surface area contributed by atoms with Crippen molar-refractivity contribution in [3.05, 3.63) is 24.0 Å². The van der Waals surface area contributed by atoms with Crippen LogP contribution in [-0.2, 0) is 9.59 Å². The first-order valence-electron chi connectivity index (χ1n) is 3.89. The molecular weight excluding hydrogens is 172 g/mol. The van der Waals surface area contributed by atoms with Gasteiger partial charge in [-0.15, -0.1) is 0 Å². The smallest absolute Gasteiger partial charge is 0.320 e. The summed E-state index contributed by atoms with van der Waals surface area (Å²) < 4.78 is 0. The summed E-state index contributed by atoms with van der Waals surface area (Å²) in [5.74, 6) is -2.66. The van der Waals surface area contributed by atoms with Crippen molar-refractivity contribution in [3.8, 4) is 0 Å². The number of ketones is 1. The van der Waals surface area contributed by atoms with Crippen molar-refractivity contribution in [2.75, 3.05) is 0 Å². The fourth-order valence-electron chi connectivity index (χ4n) is 0.644. The molecular formula is C9H11O4-. The lowest BCUT2D eigenvalue weighted by atomic mass is 10.2. The Morgan fingerprint density at radius 3 is 2.54 bits per heavy atom. The van der Waals surface area contributed by atoms with Crippen molar-refractivity contribution < 1.29 is 19.8 Å². The van der Waals surface area contributed by atoms with E-state index in [0.717, 1.165) is 18.6 Å². The minimum Gasteiger partial charge on any atom is -0.868 e. The predicted molar refractivity (Wildman–Crippen MR) is 44.8 cm³/mol. The molecule has 0 bridgehead atoms. The number of aliphatic carboxylic acids is 1. The molecule has 13 heavy (non-hydrogen) atoms. The lowest BCUT2D eigenvalue weighted by Gasteiger charge is -2.01. The molecule has 0 atom stereocenters. The first-order valence-corrected chi connectivity index (χ1v) is 3.89. The topological polar surface area (TPSA) is 77.4 Å². The molecule has 0 unspecified atom stereocenters. The number of carbonyl (C=O) groups is 2. The molecule has 0 amide bonds. The Hall–Kier alpha value is -1.58. The molecule has 0 rings (SSSR count). The van der Waals surface area contributed by atoms with Crippen LogP contribution in [0.15, 0.2) is 24.0 Å². The lowest BCUT2D eigenvalue weighted by molar-refractivity contribution is -0.302. The Morgan fingerprint density at radius 2 is 2.08 bits per heavy atom. The van der Waals surface area contributed by atoms with Crippen LogP contribution < -0.4 is 5.11 Å². The summed E-state index contributed by atoms with van der Waals surface area (Å²) in [5.41, 5.74) is 0. The normalized spacial score (nSPS) is 11.9. The molecule has 0 aromatic heterocycles. The largest absolute Gasteiger partial charge is 0.868 e.